The van der Waals surface area contributed by atoms with E-state index in [4.69, 9.17) is 19.9 Å². The number of nitrogens with two attached hydrogens (primary N) is 1. The predicted octanol–water partition coefficient (Wildman–Crippen LogP) is 3.39. The summed E-state index contributed by atoms with van der Waals surface area (Å²) in [6, 6.07) is 3.94. The summed E-state index contributed by atoms with van der Waals surface area (Å²) in [5.41, 5.74) is 3.16. The first kappa shape index (κ1) is 32.8. The molecule has 2 aromatic carbocycles. The van der Waals surface area contributed by atoms with Crippen LogP contribution in [0.25, 0.3) is 0 Å². The van der Waals surface area contributed by atoms with Crippen molar-refractivity contribution in [3.05, 3.63) is 51.6 Å². The number of fused-ring (bicyclic) bond motifs is 3. The quantitative estimate of drug-likeness (QED) is 0.0894. The number of Topliss-reactive ketones (excluding diaryl/α,β-unsaturated/α-hetero) is 1. The lowest BCUT2D eigenvalue weighted by Gasteiger charge is -2.42. The number of aliphatic hydroxyl groups is 2. The molecule has 2 aromatic rings. The average molecular weight is 724 g/mol. The molecule has 1 fully saturated rings. The van der Waals surface area contributed by atoms with Gasteiger partial charge in [0.15, 0.2) is 17.9 Å². The largest absolute Gasteiger partial charge is 0.507 e. The molecule has 44 heavy (non-hydrogen) atoms. The molecular weight excluding hydrogens is 685 g/mol. The number of halogens is 1. The fraction of sp³-hybridized carbons (Fsp3) is 0.531. The van der Waals surface area contributed by atoms with Gasteiger partial charge in [-0.3, -0.25) is 14.4 Å². The van der Waals surface area contributed by atoms with Crippen molar-refractivity contribution in [2.45, 2.75) is 95.0 Å². The van der Waals surface area contributed by atoms with Crippen LogP contribution in [0.5, 0.6) is 17.2 Å². The van der Waals surface area contributed by atoms with Gasteiger partial charge < -0.3 is 40.4 Å². The van der Waals surface area contributed by atoms with Crippen molar-refractivity contribution in [3.63, 3.8) is 0 Å². The topological polar surface area (TPSA) is 186 Å². The van der Waals surface area contributed by atoms with E-state index in [0.717, 1.165) is 30.1 Å². The van der Waals surface area contributed by atoms with Crippen LogP contribution in [0, 0.1) is 0 Å². The SMILES string of the molecule is CC(=O)[C@]1(O)Cc2c(O)c3c(c(O)c2[C@@H](O[C@H]2C[C@H](N)[C@H](O)[C@H](C)O2)C1)C(=O)c1c(OCCCCCCI)cccc1C3=O. The van der Waals surface area contributed by atoms with Crippen LogP contribution >= 0.6 is 22.6 Å². The van der Waals surface area contributed by atoms with Gasteiger partial charge in [0, 0.05) is 42.0 Å². The van der Waals surface area contributed by atoms with Crippen LogP contribution in [0.1, 0.15) is 101 Å². The number of phenols is 2. The Labute approximate surface area is 268 Å². The van der Waals surface area contributed by atoms with E-state index in [1.165, 1.54) is 13.0 Å². The number of hydrogen-bond donors (Lipinski definition) is 5. The molecule has 0 bridgehead atoms. The molecule has 12 heteroatoms. The maximum atomic E-state index is 14.0. The number of ketones is 3. The molecule has 6 atom stereocenters. The Hall–Kier alpha value is -2.62. The predicted molar refractivity (Wildman–Crippen MR) is 167 cm³/mol. The molecule has 11 nitrogen and oxygen atoms in total. The van der Waals surface area contributed by atoms with Gasteiger partial charge >= 0.3 is 0 Å². The fourth-order valence-corrected chi connectivity index (χ4v) is 6.88. The third kappa shape index (κ3) is 5.87. The summed E-state index contributed by atoms with van der Waals surface area (Å²) in [4.78, 5) is 40.5. The van der Waals surface area contributed by atoms with Crippen LogP contribution in [0.2, 0.25) is 0 Å². The highest BCUT2D eigenvalue weighted by atomic mass is 127. The van der Waals surface area contributed by atoms with Gasteiger partial charge in [0.05, 0.1) is 41.6 Å². The van der Waals surface area contributed by atoms with Crippen molar-refractivity contribution in [1.29, 1.82) is 0 Å². The number of benzene rings is 2. The summed E-state index contributed by atoms with van der Waals surface area (Å²) in [5, 5.41) is 44.7. The second-order valence-corrected chi connectivity index (χ2v) is 13.0. The van der Waals surface area contributed by atoms with Crippen molar-refractivity contribution in [1.82, 2.24) is 0 Å². The van der Waals surface area contributed by atoms with Crippen molar-refractivity contribution in [2.75, 3.05) is 11.0 Å². The van der Waals surface area contributed by atoms with Gasteiger partial charge in [0.25, 0.3) is 0 Å². The summed E-state index contributed by atoms with van der Waals surface area (Å²) >= 11 is 2.33. The average Bonchev–Trinajstić information content (AvgIpc) is 2.97. The summed E-state index contributed by atoms with van der Waals surface area (Å²) in [7, 11) is 0. The molecule has 1 saturated heterocycles. The molecule has 5 rings (SSSR count). The highest BCUT2D eigenvalue weighted by molar-refractivity contribution is 14.1. The summed E-state index contributed by atoms with van der Waals surface area (Å²) < 4.78 is 18.9. The molecule has 1 heterocycles. The molecule has 0 spiro atoms. The molecule has 0 saturated carbocycles. The number of phenolic OH excluding ortho intramolecular Hbond substituents is 2. The van der Waals surface area contributed by atoms with E-state index in [1.54, 1.807) is 19.1 Å². The molecule has 238 valence electrons. The number of aliphatic hydroxyl groups excluding tert-OH is 1. The first-order chi connectivity index (χ1) is 20.9. The molecular formula is C32H38INO10. The van der Waals surface area contributed by atoms with Gasteiger partial charge in [0.2, 0.25) is 5.78 Å². The lowest BCUT2D eigenvalue weighted by atomic mass is 9.72. The van der Waals surface area contributed by atoms with Gasteiger partial charge in [0.1, 0.15) is 22.8 Å². The van der Waals surface area contributed by atoms with E-state index in [9.17, 15) is 34.8 Å². The number of rotatable bonds is 10. The van der Waals surface area contributed by atoms with E-state index < -0.39 is 82.6 Å². The molecule has 1 aliphatic heterocycles. The van der Waals surface area contributed by atoms with Crippen LogP contribution in [-0.2, 0) is 20.7 Å². The minimum Gasteiger partial charge on any atom is -0.507 e. The normalized spacial score (nSPS) is 27.8. The summed E-state index contributed by atoms with van der Waals surface area (Å²) in [5.74, 6) is -3.01. The summed E-state index contributed by atoms with van der Waals surface area (Å²) in [6.07, 6.45) is -0.657. The first-order valence-electron chi connectivity index (χ1n) is 14.9. The molecule has 0 amide bonds. The minimum absolute atomic E-state index is 0.00942. The molecule has 6 N–H and O–H groups in total. The Morgan fingerprint density at radius 2 is 1.80 bits per heavy atom. The van der Waals surface area contributed by atoms with Crippen molar-refractivity contribution < 1.29 is 49.0 Å². The van der Waals surface area contributed by atoms with Gasteiger partial charge in [-0.15, -0.1) is 0 Å². The molecule has 0 radical (unpaired) electrons. The molecule has 2 aliphatic carbocycles. The second kappa shape index (κ2) is 13.0. The van der Waals surface area contributed by atoms with Crippen LogP contribution in [0.3, 0.4) is 0 Å². The van der Waals surface area contributed by atoms with Crippen molar-refractivity contribution >= 4 is 39.9 Å². The van der Waals surface area contributed by atoms with E-state index in [2.05, 4.69) is 22.6 Å². The number of hydrogen-bond acceptors (Lipinski definition) is 11. The third-order valence-electron chi connectivity index (χ3n) is 8.86. The number of aromatic hydroxyl groups is 2. The first-order valence-corrected chi connectivity index (χ1v) is 16.4. The number of carbonyl (C=O) groups excluding carboxylic acids is 3. The van der Waals surface area contributed by atoms with Crippen molar-refractivity contribution in [3.8, 4) is 17.2 Å². The number of carbonyl (C=O) groups is 3. The lowest BCUT2D eigenvalue weighted by molar-refractivity contribution is -0.247. The zero-order valence-corrected chi connectivity index (χ0v) is 26.8. The van der Waals surface area contributed by atoms with Gasteiger partial charge in [-0.1, -0.05) is 47.6 Å². The Balaban J connectivity index is 1.56. The van der Waals surface area contributed by atoms with Crippen LogP contribution in [0.4, 0.5) is 0 Å². The third-order valence-corrected chi connectivity index (χ3v) is 9.63. The maximum Gasteiger partial charge on any atom is 0.202 e. The van der Waals surface area contributed by atoms with Crippen LogP contribution in [-0.4, -0.2) is 79.0 Å². The monoisotopic (exact) mass is 723 g/mol. The molecule has 0 unspecified atom stereocenters. The fourth-order valence-electron chi connectivity index (χ4n) is 6.34. The van der Waals surface area contributed by atoms with Gasteiger partial charge in [-0.25, -0.2) is 0 Å². The van der Waals surface area contributed by atoms with Crippen LogP contribution in [0.15, 0.2) is 18.2 Å². The Morgan fingerprint density at radius 3 is 2.48 bits per heavy atom. The van der Waals surface area contributed by atoms with E-state index in [0.29, 0.717) is 6.61 Å². The van der Waals surface area contributed by atoms with Crippen molar-refractivity contribution in [2.24, 2.45) is 5.73 Å². The number of unbranched alkanes of at least 4 members (excludes halogenated alkanes) is 3. The zero-order chi connectivity index (χ0) is 31.9. The Kier molecular flexibility index (Phi) is 9.69. The van der Waals surface area contributed by atoms with E-state index >= 15 is 0 Å². The van der Waals surface area contributed by atoms with E-state index in [-0.39, 0.29) is 40.8 Å². The smallest absolute Gasteiger partial charge is 0.202 e. The van der Waals surface area contributed by atoms with Gasteiger partial charge in [-0.2, -0.15) is 0 Å². The number of alkyl halides is 1. The standard InChI is InChI=1S/C32H38INO10/c1-15-27(36)19(34)12-22(43-15)44-21-14-32(41,16(2)35)13-18-24(21)31(40)26-25(29(18)38)28(37)17-8-7-9-20(23(17)30(26)39)42-11-6-4-3-5-10-33/h7-9,15,19,21-22,27,36,38,40-41H,3-6,10-14,34H2,1-2H3/t15-,19-,21-,22-,27+,32-/m0/s1. The molecule has 3 aliphatic rings. The Bertz CT molecular complexity index is 1470. The maximum absolute atomic E-state index is 14.0. The number of ether oxygens (including phenoxy) is 3. The zero-order valence-electron chi connectivity index (χ0n) is 24.7. The Morgan fingerprint density at radius 1 is 1.09 bits per heavy atom. The highest BCUT2D eigenvalue weighted by Crippen LogP contribution is 2.52. The minimum atomic E-state index is -2.00. The van der Waals surface area contributed by atoms with Gasteiger partial charge in [-0.05, 0) is 37.2 Å². The highest BCUT2D eigenvalue weighted by Gasteiger charge is 2.49. The van der Waals surface area contributed by atoms with Crippen LogP contribution < -0.4 is 10.5 Å². The van der Waals surface area contributed by atoms with E-state index in [1.807, 2.05) is 0 Å². The second-order valence-electron chi connectivity index (χ2n) is 11.9. The lowest BCUT2D eigenvalue weighted by Crippen LogP contribution is -2.52. The molecule has 0 aromatic heterocycles. The summed E-state index contributed by atoms with van der Waals surface area (Å²) in [6.45, 7) is 3.15.